The van der Waals surface area contributed by atoms with E-state index in [-0.39, 0.29) is 18.1 Å². The van der Waals surface area contributed by atoms with E-state index in [1.54, 1.807) is 19.1 Å². The third-order valence-corrected chi connectivity index (χ3v) is 4.00. The Morgan fingerprint density at radius 1 is 1.30 bits per heavy atom. The van der Waals surface area contributed by atoms with Crippen molar-refractivity contribution in [3.63, 3.8) is 0 Å². The summed E-state index contributed by atoms with van der Waals surface area (Å²) in [4.78, 5) is 23.5. The molecule has 1 aliphatic rings. The Bertz CT molecular complexity index is 533. The largest absolute Gasteiger partial charge is 0.508 e. The minimum atomic E-state index is -0.908. The summed E-state index contributed by atoms with van der Waals surface area (Å²) >= 11 is 0. The molecule has 108 valence electrons. The molecule has 20 heavy (non-hydrogen) atoms. The first-order chi connectivity index (χ1) is 9.43. The van der Waals surface area contributed by atoms with Crippen molar-refractivity contribution in [1.82, 2.24) is 0 Å². The molecule has 0 heterocycles. The van der Waals surface area contributed by atoms with Gasteiger partial charge in [0.25, 0.3) is 0 Å². The molecule has 0 spiro atoms. The predicted octanol–water partition coefficient (Wildman–Crippen LogP) is 2.67. The van der Waals surface area contributed by atoms with Crippen LogP contribution in [0.25, 0.3) is 0 Å². The number of carbonyl (C=O) groups excluding carboxylic acids is 1. The van der Waals surface area contributed by atoms with E-state index >= 15 is 0 Å². The van der Waals surface area contributed by atoms with Crippen LogP contribution in [0.1, 0.15) is 37.7 Å². The van der Waals surface area contributed by atoms with Crippen LogP contribution in [0.2, 0.25) is 0 Å². The molecule has 3 N–H and O–H groups in total. The topological polar surface area (TPSA) is 86.6 Å². The minimum absolute atomic E-state index is 0.00263. The summed E-state index contributed by atoms with van der Waals surface area (Å²) < 4.78 is 0. The fraction of sp³-hybridized carbons (Fsp3) is 0.467. The molecule has 2 rings (SSSR count). The van der Waals surface area contributed by atoms with Crippen LogP contribution in [0.15, 0.2) is 18.2 Å². The molecule has 1 aromatic carbocycles. The van der Waals surface area contributed by atoms with E-state index in [0.29, 0.717) is 18.5 Å². The minimum Gasteiger partial charge on any atom is -0.508 e. The Balaban J connectivity index is 2.07. The zero-order valence-electron chi connectivity index (χ0n) is 11.5. The lowest BCUT2D eigenvalue weighted by atomic mass is 9.82. The molecule has 1 aromatic rings. The van der Waals surface area contributed by atoms with Crippen LogP contribution in [0.4, 0.5) is 5.69 Å². The number of phenolic OH excluding ortho intramolecular Hbond substituents is 1. The highest BCUT2D eigenvalue weighted by Crippen LogP contribution is 2.41. The monoisotopic (exact) mass is 277 g/mol. The van der Waals surface area contributed by atoms with Gasteiger partial charge in [-0.2, -0.15) is 0 Å². The van der Waals surface area contributed by atoms with E-state index in [0.717, 1.165) is 18.4 Å². The number of benzene rings is 1. The van der Waals surface area contributed by atoms with Crippen molar-refractivity contribution in [3.05, 3.63) is 23.8 Å². The number of nitrogens with one attached hydrogen (secondary N) is 1. The highest BCUT2D eigenvalue weighted by atomic mass is 16.4. The van der Waals surface area contributed by atoms with Gasteiger partial charge in [-0.25, -0.2) is 0 Å². The number of aliphatic carboxylic acids is 1. The number of phenols is 1. The number of aryl methyl sites for hydroxylation is 1. The maximum absolute atomic E-state index is 12.1. The van der Waals surface area contributed by atoms with E-state index in [2.05, 4.69) is 5.32 Å². The predicted molar refractivity (Wildman–Crippen MR) is 74.6 cm³/mol. The highest BCUT2D eigenvalue weighted by Gasteiger charge is 2.42. The average molecular weight is 277 g/mol. The Morgan fingerprint density at radius 2 is 1.95 bits per heavy atom. The maximum atomic E-state index is 12.1. The normalized spacial score (nSPS) is 16.9. The van der Waals surface area contributed by atoms with Gasteiger partial charge in [-0.15, -0.1) is 0 Å². The van der Waals surface area contributed by atoms with Crippen molar-refractivity contribution in [2.24, 2.45) is 5.41 Å². The van der Waals surface area contributed by atoms with E-state index in [9.17, 15) is 19.8 Å². The van der Waals surface area contributed by atoms with Crippen LogP contribution in [0, 0.1) is 12.3 Å². The first-order valence-corrected chi connectivity index (χ1v) is 6.76. The Kier molecular flexibility index (Phi) is 3.97. The number of rotatable bonds is 4. The van der Waals surface area contributed by atoms with Gasteiger partial charge in [0, 0.05) is 12.1 Å². The summed E-state index contributed by atoms with van der Waals surface area (Å²) in [7, 11) is 0. The molecule has 1 saturated carbocycles. The molecule has 1 aliphatic carbocycles. The standard InChI is InChI=1S/C15H19NO4/c1-10-8-11(17)4-5-12(10)16-13(18)9-15(14(19)20)6-2-3-7-15/h4-5,8,17H,2-3,6-7,9H2,1H3,(H,16,18)(H,19,20). The summed E-state index contributed by atoms with van der Waals surface area (Å²) in [6, 6.07) is 4.66. The fourth-order valence-corrected chi connectivity index (χ4v) is 2.81. The van der Waals surface area contributed by atoms with Crippen molar-refractivity contribution in [2.75, 3.05) is 5.32 Å². The Morgan fingerprint density at radius 3 is 2.50 bits per heavy atom. The smallest absolute Gasteiger partial charge is 0.310 e. The Labute approximate surface area is 117 Å². The second-order valence-corrected chi connectivity index (χ2v) is 5.52. The second-order valence-electron chi connectivity index (χ2n) is 5.52. The summed E-state index contributed by atoms with van der Waals surface area (Å²) in [6.07, 6.45) is 2.84. The van der Waals surface area contributed by atoms with Crippen LogP contribution >= 0.6 is 0 Å². The number of amides is 1. The van der Waals surface area contributed by atoms with Gasteiger partial charge in [0.15, 0.2) is 0 Å². The van der Waals surface area contributed by atoms with Gasteiger partial charge in [-0.05, 0) is 43.5 Å². The number of hydrogen-bond acceptors (Lipinski definition) is 3. The fourth-order valence-electron chi connectivity index (χ4n) is 2.81. The molecular formula is C15H19NO4. The van der Waals surface area contributed by atoms with Gasteiger partial charge < -0.3 is 15.5 Å². The molecule has 0 aliphatic heterocycles. The SMILES string of the molecule is Cc1cc(O)ccc1NC(=O)CC1(C(=O)O)CCCC1. The average Bonchev–Trinajstić information content (AvgIpc) is 2.82. The van der Waals surface area contributed by atoms with Gasteiger partial charge in [0.2, 0.25) is 5.91 Å². The Hall–Kier alpha value is -2.04. The van der Waals surface area contributed by atoms with E-state index < -0.39 is 11.4 Å². The summed E-state index contributed by atoms with van der Waals surface area (Å²) in [5.74, 6) is -1.03. The van der Waals surface area contributed by atoms with Crippen LogP contribution in [-0.4, -0.2) is 22.1 Å². The third kappa shape index (κ3) is 2.92. The first-order valence-electron chi connectivity index (χ1n) is 6.76. The lowest BCUT2D eigenvalue weighted by Gasteiger charge is -2.23. The second kappa shape index (κ2) is 5.53. The lowest BCUT2D eigenvalue weighted by Crippen LogP contribution is -2.32. The number of carboxylic acid groups (broad SMARTS) is 1. The molecular weight excluding hydrogens is 258 g/mol. The van der Waals surface area contributed by atoms with E-state index in [1.807, 2.05) is 0 Å². The summed E-state index contributed by atoms with van der Waals surface area (Å²) in [5, 5.41) is 21.4. The number of hydrogen-bond donors (Lipinski definition) is 3. The molecule has 5 heteroatoms. The molecule has 0 unspecified atom stereocenters. The van der Waals surface area contributed by atoms with Crippen LogP contribution in [0.5, 0.6) is 5.75 Å². The number of aromatic hydroxyl groups is 1. The van der Waals surface area contributed by atoms with Gasteiger partial charge in [0.1, 0.15) is 5.75 Å². The van der Waals surface area contributed by atoms with Gasteiger partial charge in [-0.3, -0.25) is 9.59 Å². The van der Waals surface area contributed by atoms with E-state index in [1.165, 1.54) is 6.07 Å². The van der Waals surface area contributed by atoms with Crippen LogP contribution in [0.3, 0.4) is 0 Å². The molecule has 0 saturated heterocycles. The number of carboxylic acids is 1. The molecule has 0 aromatic heterocycles. The summed E-state index contributed by atoms with van der Waals surface area (Å²) in [6.45, 7) is 1.78. The molecule has 0 atom stereocenters. The zero-order valence-corrected chi connectivity index (χ0v) is 11.5. The summed E-state index contributed by atoms with van der Waals surface area (Å²) in [5.41, 5.74) is 0.440. The van der Waals surface area contributed by atoms with Gasteiger partial charge in [-0.1, -0.05) is 12.8 Å². The number of carbonyl (C=O) groups is 2. The molecule has 1 fully saturated rings. The van der Waals surface area contributed by atoms with Crippen LogP contribution in [-0.2, 0) is 9.59 Å². The lowest BCUT2D eigenvalue weighted by molar-refractivity contribution is -0.150. The van der Waals surface area contributed by atoms with Crippen molar-refractivity contribution in [2.45, 2.75) is 39.0 Å². The zero-order chi connectivity index (χ0) is 14.8. The van der Waals surface area contributed by atoms with Crippen molar-refractivity contribution in [3.8, 4) is 5.75 Å². The highest BCUT2D eigenvalue weighted by molar-refractivity contribution is 5.95. The van der Waals surface area contributed by atoms with Crippen molar-refractivity contribution < 1.29 is 19.8 Å². The quantitative estimate of drug-likeness (QED) is 0.738. The van der Waals surface area contributed by atoms with Gasteiger partial charge >= 0.3 is 5.97 Å². The van der Waals surface area contributed by atoms with Crippen molar-refractivity contribution >= 4 is 17.6 Å². The molecule has 0 radical (unpaired) electrons. The molecule has 5 nitrogen and oxygen atoms in total. The molecule has 0 bridgehead atoms. The third-order valence-electron chi connectivity index (χ3n) is 4.00. The van der Waals surface area contributed by atoms with Gasteiger partial charge in [0.05, 0.1) is 5.41 Å². The molecule has 1 amide bonds. The first kappa shape index (κ1) is 14.4. The maximum Gasteiger partial charge on any atom is 0.310 e. The number of anilines is 1. The van der Waals surface area contributed by atoms with Crippen molar-refractivity contribution in [1.29, 1.82) is 0 Å². The van der Waals surface area contributed by atoms with E-state index in [4.69, 9.17) is 0 Å². The van der Waals surface area contributed by atoms with Crippen LogP contribution < -0.4 is 5.32 Å².